The molecule has 3 rings (SSSR count). The molecule has 0 aliphatic heterocycles. The van der Waals surface area contributed by atoms with E-state index in [1.54, 1.807) is 23.6 Å². The summed E-state index contributed by atoms with van der Waals surface area (Å²) >= 11 is 1.18. The third kappa shape index (κ3) is 5.21. The number of rotatable bonds is 9. The average molecular weight is 430 g/mol. The van der Waals surface area contributed by atoms with E-state index in [0.717, 1.165) is 22.7 Å². The van der Waals surface area contributed by atoms with Crippen molar-refractivity contribution in [2.75, 3.05) is 10.8 Å². The molecule has 1 aromatic heterocycles. The van der Waals surface area contributed by atoms with Gasteiger partial charge in [-0.1, -0.05) is 61.9 Å². The lowest BCUT2D eigenvalue weighted by Crippen LogP contribution is -2.42. The van der Waals surface area contributed by atoms with Crippen LogP contribution in [-0.4, -0.2) is 25.9 Å². The van der Waals surface area contributed by atoms with Crippen LogP contribution in [0, 0.1) is 0 Å². The van der Waals surface area contributed by atoms with Crippen molar-refractivity contribution in [1.29, 1.82) is 0 Å². The molecule has 1 heterocycles. The van der Waals surface area contributed by atoms with E-state index >= 15 is 0 Å². The van der Waals surface area contributed by atoms with Crippen LogP contribution < -0.4 is 9.62 Å². The highest BCUT2D eigenvalue weighted by Crippen LogP contribution is 2.25. The highest BCUT2D eigenvalue weighted by atomic mass is 32.2. The zero-order valence-corrected chi connectivity index (χ0v) is 17.7. The van der Waals surface area contributed by atoms with Gasteiger partial charge in [-0.3, -0.25) is 4.79 Å². The molecule has 0 radical (unpaired) electrons. The predicted octanol–water partition coefficient (Wildman–Crippen LogP) is 4.00. The largest absolute Gasteiger partial charge is 0.348 e. The van der Waals surface area contributed by atoms with Crippen molar-refractivity contribution in [1.82, 2.24) is 10.3 Å². The molecule has 1 atom stereocenters. The molecule has 0 aliphatic rings. The monoisotopic (exact) mass is 429 g/mol. The molecule has 1 N–H and O–H groups in total. The van der Waals surface area contributed by atoms with E-state index in [4.69, 9.17) is 0 Å². The molecule has 0 fully saturated rings. The first-order chi connectivity index (χ1) is 14.0. The Morgan fingerprint density at radius 1 is 1.10 bits per heavy atom. The number of thiazole rings is 1. The van der Waals surface area contributed by atoms with Gasteiger partial charge in [-0.2, -0.15) is 0 Å². The Morgan fingerprint density at radius 3 is 2.34 bits per heavy atom. The standard InChI is InChI=1S/C21H23N3O3S2/c1-2-9-19(17-10-5-3-6-11-17)23-20(25)16-24(21-22-14-15-28-21)29(26,27)18-12-7-4-8-13-18/h3-8,10-15,19H,2,9,16H2,1H3,(H,23,25). The number of hydrogen-bond acceptors (Lipinski definition) is 5. The highest BCUT2D eigenvalue weighted by molar-refractivity contribution is 7.93. The summed E-state index contributed by atoms with van der Waals surface area (Å²) in [6.07, 6.45) is 3.17. The van der Waals surface area contributed by atoms with E-state index in [2.05, 4.69) is 10.3 Å². The number of carbonyl (C=O) groups excluding carboxylic acids is 1. The first-order valence-corrected chi connectivity index (χ1v) is 11.7. The lowest BCUT2D eigenvalue weighted by Gasteiger charge is -2.24. The van der Waals surface area contributed by atoms with E-state index in [0.29, 0.717) is 0 Å². The predicted molar refractivity (Wildman–Crippen MR) is 115 cm³/mol. The van der Waals surface area contributed by atoms with Gasteiger partial charge in [0.15, 0.2) is 5.13 Å². The first-order valence-electron chi connectivity index (χ1n) is 9.34. The minimum absolute atomic E-state index is 0.121. The Labute approximate surface area is 175 Å². The normalized spacial score (nSPS) is 12.3. The Bertz CT molecular complexity index is 1010. The number of nitrogens with one attached hydrogen (secondary N) is 1. The molecule has 29 heavy (non-hydrogen) atoms. The summed E-state index contributed by atoms with van der Waals surface area (Å²) in [6, 6.07) is 17.6. The van der Waals surface area contributed by atoms with Crippen molar-refractivity contribution in [2.24, 2.45) is 0 Å². The molecule has 152 valence electrons. The Kier molecular flexibility index (Phi) is 7.00. The summed E-state index contributed by atoms with van der Waals surface area (Å²) < 4.78 is 27.4. The van der Waals surface area contributed by atoms with Gasteiger partial charge in [-0.05, 0) is 24.1 Å². The fourth-order valence-corrected chi connectivity index (χ4v) is 5.25. The molecular formula is C21H23N3O3S2. The van der Waals surface area contributed by atoms with Crippen LogP contribution in [0.25, 0.3) is 0 Å². The molecule has 1 amide bonds. The molecule has 0 saturated carbocycles. The maximum absolute atomic E-state index is 13.2. The minimum Gasteiger partial charge on any atom is -0.348 e. The average Bonchev–Trinajstić information content (AvgIpc) is 3.27. The van der Waals surface area contributed by atoms with Crippen molar-refractivity contribution in [3.05, 3.63) is 77.8 Å². The molecule has 0 aliphatic carbocycles. The second kappa shape index (κ2) is 9.67. The van der Waals surface area contributed by atoms with Crippen LogP contribution in [0.3, 0.4) is 0 Å². The van der Waals surface area contributed by atoms with E-state index < -0.39 is 10.0 Å². The number of nitrogens with zero attached hydrogens (tertiary/aromatic N) is 2. The molecule has 3 aromatic rings. The number of carbonyl (C=O) groups is 1. The van der Waals surface area contributed by atoms with Crippen LogP contribution in [0.15, 0.2) is 77.1 Å². The third-order valence-electron chi connectivity index (χ3n) is 4.37. The number of hydrogen-bond donors (Lipinski definition) is 1. The molecular weight excluding hydrogens is 406 g/mol. The van der Waals surface area contributed by atoms with Crippen molar-refractivity contribution < 1.29 is 13.2 Å². The fourth-order valence-electron chi connectivity index (χ4n) is 2.98. The van der Waals surface area contributed by atoms with Gasteiger partial charge < -0.3 is 5.32 Å². The number of benzene rings is 2. The van der Waals surface area contributed by atoms with Crippen molar-refractivity contribution in [2.45, 2.75) is 30.7 Å². The smallest absolute Gasteiger partial charge is 0.266 e. The summed E-state index contributed by atoms with van der Waals surface area (Å²) in [5.41, 5.74) is 0.995. The van der Waals surface area contributed by atoms with Gasteiger partial charge >= 0.3 is 0 Å². The summed E-state index contributed by atoms with van der Waals surface area (Å²) in [5, 5.41) is 4.93. The minimum atomic E-state index is -3.91. The fraction of sp³-hybridized carbons (Fsp3) is 0.238. The molecule has 0 spiro atoms. The van der Waals surface area contributed by atoms with Gasteiger partial charge in [0.2, 0.25) is 5.91 Å². The van der Waals surface area contributed by atoms with Gasteiger partial charge in [-0.25, -0.2) is 17.7 Å². The van der Waals surface area contributed by atoms with Crippen molar-refractivity contribution >= 4 is 32.4 Å². The number of aromatic nitrogens is 1. The van der Waals surface area contributed by atoms with Crippen LogP contribution >= 0.6 is 11.3 Å². The number of anilines is 1. The molecule has 8 heteroatoms. The van der Waals surface area contributed by atoms with Crippen molar-refractivity contribution in [3.63, 3.8) is 0 Å². The van der Waals surface area contributed by atoms with E-state index in [1.807, 2.05) is 37.3 Å². The van der Waals surface area contributed by atoms with Crippen LogP contribution in [0.4, 0.5) is 5.13 Å². The van der Waals surface area contributed by atoms with Crippen LogP contribution in [0.5, 0.6) is 0 Å². The number of sulfonamides is 1. The second-order valence-corrected chi connectivity index (χ2v) is 9.19. The summed E-state index contributed by atoms with van der Waals surface area (Å²) in [6.45, 7) is 1.71. The summed E-state index contributed by atoms with van der Waals surface area (Å²) in [4.78, 5) is 17.1. The Morgan fingerprint density at radius 2 is 1.76 bits per heavy atom. The Balaban J connectivity index is 1.84. The van der Waals surface area contributed by atoms with Gasteiger partial charge in [-0.15, -0.1) is 11.3 Å². The second-order valence-electron chi connectivity index (χ2n) is 6.46. The topological polar surface area (TPSA) is 79.4 Å². The quantitative estimate of drug-likeness (QED) is 0.558. The Hall–Kier alpha value is -2.71. The maximum atomic E-state index is 13.2. The van der Waals surface area contributed by atoms with Gasteiger partial charge in [0.25, 0.3) is 10.0 Å². The van der Waals surface area contributed by atoms with Crippen molar-refractivity contribution in [3.8, 4) is 0 Å². The summed E-state index contributed by atoms with van der Waals surface area (Å²) in [5.74, 6) is -0.373. The van der Waals surface area contributed by atoms with E-state index in [9.17, 15) is 13.2 Å². The van der Waals surface area contributed by atoms with Crippen LogP contribution in [0.2, 0.25) is 0 Å². The SMILES string of the molecule is CCCC(NC(=O)CN(c1nccs1)S(=O)(=O)c1ccccc1)c1ccccc1. The van der Waals surface area contributed by atoms with Gasteiger partial charge in [0, 0.05) is 11.6 Å². The zero-order valence-electron chi connectivity index (χ0n) is 16.1. The first kappa shape index (κ1) is 21.0. The molecule has 0 saturated heterocycles. The zero-order chi connectivity index (χ0) is 20.7. The molecule has 2 aromatic carbocycles. The third-order valence-corrected chi connectivity index (χ3v) is 7.03. The van der Waals surface area contributed by atoms with E-state index in [-0.39, 0.29) is 28.5 Å². The maximum Gasteiger partial charge on any atom is 0.266 e. The lowest BCUT2D eigenvalue weighted by molar-refractivity contribution is -0.120. The molecule has 0 bridgehead atoms. The van der Waals surface area contributed by atoms with Gasteiger partial charge in [0.05, 0.1) is 10.9 Å². The molecule has 1 unspecified atom stereocenters. The molecule has 6 nitrogen and oxygen atoms in total. The lowest BCUT2D eigenvalue weighted by atomic mass is 10.0. The van der Waals surface area contributed by atoms with Crippen LogP contribution in [0.1, 0.15) is 31.4 Å². The van der Waals surface area contributed by atoms with Crippen LogP contribution in [-0.2, 0) is 14.8 Å². The van der Waals surface area contributed by atoms with Gasteiger partial charge in [0.1, 0.15) is 6.54 Å². The summed E-state index contributed by atoms with van der Waals surface area (Å²) in [7, 11) is -3.91. The highest BCUT2D eigenvalue weighted by Gasteiger charge is 2.29. The number of amides is 1. The van der Waals surface area contributed by atoms with E-state index in [1.165, 1.54) is 29.7 Å².